The van der Waals surface area contributed by atoms with Crippen LogP contribution >= 0.6 is 12.2 Å². The number of hydrogen-bond acceptors (Lipinski definition) is 5. The van der Waals surface area contributed by atoms with Gasteiger partial charge in [0.15, 0.2) is 11.5 Å². The Morgan fingerprint density at radius 1 is 1.19 bits per heavy atom. The van der Waals surface area contributed by atoms with Crippen LogP contribution in [0.1, 0.15) is 23.7 Å². The molecule has 0 spiro atoms. The third kappa shape index (κ3) is 4.49. The maximum Gasteiger partial charge on any atom is 0.255 e. The molecule has 0 aromatic heterocycles. The minimum absolute atomic E-state index is 0.173. The summed E-state index contributed by atoms with van der Waals surface area (Å²) >= 11 is 4.83. The minimum atomic E-state index is -0.295. The van der Waals surface area contributed by atoms with Gasteiger partial charge in [-0.2, -0.15) is 0 Å². The van der Waals surface area contributed by atoms with Gasteiger partial charge in [-0.1, -0.05) is 12.2 Å². The van der Waals surface area contributed by atoms with Crippen molar-refractivity contribution >= 4 is 23.1 Å². The van der Waals surface area contributed by atoms with Crippen molar-refractivity contribution in [1.82, 2.24) is 5.32 Å². The van der Waals surface area contributed by atoms with Crippen molar-refractivity contribution in [3.05, 3.63) is 17.7 Å². The number of carbonyl (C=O) groups excluding carboxylic acids is 1. The van der Waals surface area contributed by atoms with Gasteiger partial charge in [0.1, 0.15) is 5.75 Å². The van der Waals surface area contributed by atoms with Crippen molar-refractivity contribution < 1.29 is 19.0 Å². The molecule has 0 aliphatic rings. The molecule has 21 heavy (non-hydrogen) atoms. The van der Waals surface area contributed by atoms with Gasteiger partial charge in [0.05, 0.1) is 31.9 Å². The zero-order valence-electron chi connectivity index (χ0n) is 12.6. The van der Waals surface area contributed by atoms with Crippen molar-refractivity contribution in [1.29, 1.82) is 0 Å². The van der Waals surface area contributed by atoms with E-state index in [1.165, 1.54) is 21.3 Å². The summed E-state index contributed by atoms with van der Waals surface area (Å²) in [4.78, 5) is 12.7. The average molecular weight is 312 g/mol. The van der Waals surface area contributed by atoms with E-state index in [0.717, 1.165) is 0 Å². The van der Waals surface area contributed by atoms with E-state index in [4.69, 9.17) is 32.2 Å². The lowest BCUT2D eigenvalue weighted by Gasteiger charge is -2.16. The number of benzene rings is 1. The second kappa shape index (κ2) is 7.68. The summed E-state index contributed by atoms with van der Waals surface area (Å²) in [6.45, 7) is 1.82. The topological polar surface area (TPSA) is 82.8 Å². The van der Waals surface area contributed by atoms with Gasteiger partial charge in [0.2, 0.25) is 0 Å². The average Bonchev–Trinajstić information content (AvgIpc) is 2.44. The summed E-state index contributed by atoms with van der Waals surface area (Å²) < 4.78 is 15.6. The summed E-state index contributed by atoms with van der Waals surface area (Å²) in [5.41, 5.74) is 5.82. The van der Waals surface area contributed by atoms with Crippen LogP contribution in [0.3, 0.4) is 0 Å². The maximum atomic E-state index is 12.3. The number of carbonyl (C=O) groups is 1. The monoisotopic (exact) mass is 312 g/mol. The molecule has 1 aromatic carbocycles. The van der Waals surface area contributed by atoms with Crippen LogP contribution in [0.2, 0.25) is 0 Å². The van der Waals surface area contributed by atoms with Gasteiger partial charge in [-0.15, -0.1) is 0 Å². The van der Waals surface area contributed by atoms with E-state index in [1.54, 1.807) is 12.1 Å². The summed E-state index contributed by atoms with van der Waals surface area (Å²) in [7, 11) is 4.50. The summed E-state index contributed by atoms with van der Waals surface area (Å²) in [6.07, 6.45) is 0.427. The highest BCUT2D eigenvalue weighted by atomic mass is 32.1. The molecule has 1 aromatic rings. The van der Waals surface area contributed by atoms with Gasteiger partial charge in [-0.25, -0.2) is 0 Å². The lowest BCUT2D eigenvalue weighted by atomic mass is 10.1. The molecular formula is C14H20N2O4S. The quantitative estimate of drug-likeness (QED) is 0.743. The van der Waals surface area contributed by atoms with Gasteiger partial charge in [0, 0.05) is 24.6 Å². The Morgan fingerprint density at radius 2 is 1.71 bits per heavy atom. The zero-order valence-corrected chi connectivity index (χ0v) is 13.4. The Balaban J connectivity index is 3.04. The van der Waals surface area contributed by atoms with Crippen molar-refractivity contribution in [3.63, 3.8) is 0 Å². The van der Waals surface area contributed by atoms with E-state index in [1.807, 2.05) is 6.92 Å². The van der Waals surface area contributed by atoms with E-state index < -0.39 is 0 Å². The molecule has 1 unspecified atom stereocenters. The lowest BCUT2D eigenvalue weighted by molar-refractivity contribution is 0.0938. The molecule has 0 aliphatic carbocycles. The molecule has 3 N–H and O–H groups in total. The van der Waals surface area contributed by atoms with E-state index in [2.05, 4.69) is 5.32 Å². The van der Waals surface area contributed by atoms with Crippen molar-refractivity contribution in [2.75, 3.05) is 21.3 Å². The second-order valence-corrected chi connectivity index (χ2v) is 4.98. The predicted octanol–water partition coefficient (Wildman–Crippen LogP) is 1.51. The van der Waals surface area contributed by atoms with Crippen LogP contribution in [-0.2, 0) is 0 Å². The molecule has 0 radical (unpaired) electrons. The second-order valence-electron chi connectivity index (χ2n) is 4.45. The van der Waals surface area contributed by atoms with Gasteiger partial charge >= 0.3 is 0 Å². The Morgan fingerprint density at radius 3 is 2.19 bits per heavy atom. The fraction of sp³-hybridized carbons (Fsp3) is 0.429. The highest BCUT2D eigenvalue weighted by Gasteiger charge is 2.19. The van der Waals surface area contributed by atoms with Crippen LogP contribution in [0.4, 0.5) is 0 Å². The summed E-state index contributed by atoms with van der Waals surface area (Å²) in [5.74, 6) is 1.04. The van der Waals surface area contributed by atoms with Gasteiger partial charge in [-0.05, 0) is 6.92 Å². The van der Waals surface area contributed by atoms with Crippen molar-refractivity contribution in [2.24, 2.45) is 5.73 Å². The van der Waals surface area contributed by atoms with Crippen LogP contribution in [0.25, 0.3) is 0 Å². The first-order valence-corrected chi connectivity index (χ1v) is 6.72. The molecule has 0 bridgehead atoms. The number of hydrogen-bond donors (Lipinski definition) is 2. The summed E-state index contributed by atoms with van der Waals surface area (Å²) in [6, 6.07) is 3.00. The molecule has 0 saturated heterocycles. The first kappa shape index (κ1) is 17.0. The number of methoxy groups -OCH3 is 3. The SMILES string of the molecule is COc1cc(OC)c(C(=O)NC(C)CC(N)=S)cc1OC. The van der Waals surface area contributed by atoms with Gasteiger partial charge < -0.3 is 25.3 Å². The maximum absolute atomic E-state index is 12.3. The van der Waals surface area contributed by atoms with Crippen LogP contribution < -0.4 is 25.3 Å². The molecule has 0 aliphatic heterocycles. The third-order valence-corrected chi connectivity index (χ3v) is 3.00. The number of ether oxygens (including phenoxy) is 3. The molecular weight excluding hydrogens is 292 g/mol. The molecule has 1 atom stereocenters. The zero-order chi connectivity index (χ0) is 16.0. The molecule has 0 saturated carbocycles. The van der Waals surface area contributed by atoms with Crippen molar-refractivity contribution in [3.8, 4) is 17.2 Å². The number of nitrogens with two attached hydrogens (primary N) is 1. The molecule has 0 fully saturated rings. The molecule has 1 rings (SSSR count). The van der Waals surface area contributed by atoms with Crippen LogP contribution in [0, 0.1) is 0 Å². The van der Waals surface area contributed by atoms with Crippen molar-refractivity contribution in [2.45, 2.75) is 19.4 Å². The number of amides is 1. The third-order valence-electron chi connectivity index (χ3n) is 2.84. The van der Waals surface area contributed by atoms with E-state index in [9.17, 15) is 4.79 Å². The Bertz CT molecular complexity index is 534. The molecule has 6 nitrogen and oxygen atoms in total. The van der Waals surface area contributed by atoms with Gasteiger partial charge in [0.25, 0.3) is 5.91 Å². The highest BCUT2D eigenvalue weighted by Crippen LogP contribution is 2.34. The molecule has 7 heteroatoms. The summed E-state index contributed by atoms with van der Waals surface area (Å²) in [5, 5.41) is 2.81. The normalized spacial score (nSPS) is 11.4. The fourth-order valence-electron chi connectivity index (χ4n) is 1.86. The smallest absolute Gasteiger partial charge is 0.255 e. The highest BCUT2D eigenvalue weighted by molar-refractivity contribution is 7.80. The molecule has 116 valence electrons. The molecule has 0 heterocycles. The Hall–Kier alpha value is -2.02. The van der Waals surface area contributed by atoms with Crippen LogP contribution in [0.5, 0.6) is 17.2 Å². The lowest BCUT2D eigenvalue weighted by Crippen LogP contribution is -2.35. The van der Waals surface area contributed by atoms with E-state index in [0.29, 0.717) is 34.2 Å². The first-order chi connectivity index (χ1) is 9.92. The standard InChI is InChI=1S/C14H20N2O4S/c1-8(5-13(15)21)16-14(17)9-6-11(19-3)12(20-4)7-10(9)18-2/h6-8H,5H2,1-4H3,(H2,15,21)(H,16,17). The Labute approximate surface area is 129 Å². The molecule has 1 amide bonds. The van der Waals surface area contributed by atoms with E-state index >= 15 is 0 Å². The largest absolute Gasteiger partial charge is 0.496 e. The number of thiocarbonyl (C=S) groups is 1. The minimum Gasteiger partial charge on any atom is -0.496 e. The van der Waals surface area contributed by atoms with Crippen LogP contribution in [0.15, 0.2) is 12.1 Å². The van der Waals surface area contributed by atoms with Crippen LogP contribution in [-0.4, -0.2) is 38.3 Å². The Kier molecular flexibility index (Phi) is 6.23. The first-order valence-electron chi connectivity index (χ1n) is 6.32. The van der Waals surface area contributed by atoms with Gasteiger partial charge in [-0.3, -0.25) is 4.79 Å². The number of rotatable bonds is 7. The predicted molar refractivity (Wildman–Crippen MR) is 84.4 cm³/mol. The fourth-order valence-corrected chi connectivity index (χ4v) is 2.11. The number of nitrogens with one attached hydrogen (secondary N) is 1. The van der Waals surface area contributed by atoms with E-state index in [-0.39, 0.29) is 11.9 Å².